The molecule has 4 aromatic rings. The van der Waals surface area contributed by atoms with E-state index in [2.05, 4.69) is 15.8 Å². The topological polar surface area (TPSA) is 78.3 Å². The number of hydrogen-bond donors (Lipinski definition) is 2. The monoisotopic (exact) mass is 507 g/mol. The predicted octanol–water partition coefficient (Wildman–Crippen LogP) is 5.96. The van der Waals surface area contributed by atoms with Crippen LogP contribution in [0.15, 0.2) is 80.3 Å². The van der Waals surface area contributed by atoms with E-state index in [9.17, 15) is 9.59 Å². The van der Waals surface area contributed by atoms with Gasteiger partial charge in [0.15, 0.2) is 0 Å². The summed E-state index contributed by atoms with van der Waals surface area (Å²) in [6, 6.07) is 16.9. The van der Waals surface area contributed by atoms with E-state index in [4.69, 9.17) is 4.42 Å². The van der Waals surface area contributed by atoms with E-state index in [1.54, 1.807) is 17.6 Å². The fourth-order valence-corrected chi connectivity index (χ4v) is 6.33. The molecule has 8 heteroatoms. The van der Waals surface area contributed by atoms with Gasteiger partial charge >= 0.3 is 0 Å². The molecule has 2 N–H and O–H groups in total. The van der Waals surface area contributed by atoms with Crippen LogP contribution < -0.4 is 10.3 Å². The van der Waals surface area contributed by atoms with Gasteiger partial charge in [0.2, 0.25) is 11.5 Å². The normalized spacial score (nSPS) is 15.3. The Balaban J connectivity index is 1.37. The zero-order valence-corrected chi connectivity index (χ0v) is 21.1. The Morgan fingerprint density at radius 2 is 2.00 bits per heavy atom. The van der Waals surface area contributed by atoms with Crippen LogP contribution in [-0.2, 0) is 17.9 Å². The minimum absolute atomic E-state index is 0.110. The SMILES string of the molecule is O=C([C@H](NSc1ccc2[nH]c(=O)ccc2c1)C1CCCCC1)N(Cc1ccco1)Cc1cccs1. The molecule has 0 spiro atoms. The molecule has 1 atom stereocenters. The number of carbonyl (C=O) groups is 1. The van der Waals surface area contributed by atoms with Gasteiger partial charge in [-0.3, -0.25) is 9.59 Å². The second-order valence-electron chi connectivity index (χ2n) is 9.02. The summed E-state index contributed by atoms with van der Waals surface area (Å²) in [5.41, 5.74) is 0.698. The van der Waals surface area contributed by atoms with Crippen LogP contribution in [0.5, 0.6) is 0 Å². The number of aromatic nitrogens is 1. The van der Waals surface area contributed by atoms with E-state index < -0.39 is 0 Å². The summed E-state index contributed by atoms with van der Waals surface area (Å²) in [6.45, 7) is 1.01. The molecule has 3 heterocycles. The lowest BCUT2D eigenvalue weighted by Gasteiger charge is -2.33. The first-order valence-electron chi connectivity index (χ1n) is 12.0. The smallest absolute Gasteiger partial charge is 0.248 e. The van der Waals surface area contributed by atoms with Crippen molar-refractivity contribution in [2.24, 2.45) is 5.92 Å². The molecule has 0 aliphatic heterocycles. The molecule has 0 saturated heterocycles. The first kappa shape index (κ1) is 23.9. The molecule has 5 rings (SSSR count). The Labute approximate surface area is 212 Å². The van der Waals surface area contributed by atoms with Gasteiger partial charge in [0, 0.05) is 21.4 Å². The highest BCUT2D eigenvalue weighted by Crippen LogP contribution is 2.31. The van der Waals surface area contributed by atoms with Crippen LogP contribution in [0.4, 0.5) is 0 Å². The summed E-state index contributed by atoms with van der Waals surface area (Å²) >= 11 is 3.16. The van der Waals surface area contributed by atoms with Crippen molar-refractivity contribution >= 4 is 40.1 Å². The standard InChI is InChI=1S/C27H29N3O3S2/c31-25-13-10-20-16-22(11-12-24(20)28-25)35-29-26(19-6-2-1-3-7-19)27(32)30(17-21-8-4-14-33-21)18-23-9-5-15-34-23/h4-5,8-16,19,26,29H,1-3,6-7,17-18H2,(H,28,31)/t26-/m1/s1. The molecule has 0 bridgehead atoms. The summed E-state index contributed by atoms with van der Waals surface area (Å²) in [6.07, 6.45) is 7.31. The van der Waals surface area contributed by atoms with Crippen molar-refractivity contribution in [3.8, 4) is 0 Å². The summed E-state index contributed by atoms with van der Waals surface area (Å²) < 4.78 is 9.14. The quantitative estimate of drug-likeness (QED) is 0.274. The third-order valence-electron chi connectivity index (χ3n) is 6.55. The van der Waals surface area contributed by atoms with Gasteiger partial charge in [-0.15, -0.1) is 11.3 Å². The van der Waals surface area contributed by atoms with Crippen molar-refractivity contribution in [2.45, 2.75) is 56.1 Å². The van der Waals surface area contributed by atoms with Crippen molar-refractivity contribution in [3.63, 3.8) is 0 Å². The Bertz CT molecular complexity index is 1260. The number of nitrogens with one attached hydrogen (secondary N) is 2. The fourth-order valence-electron chi connectivity index (χ4n) is 4.73. The molecular formula is C27H29N3O3S2. The summed E-state index contributed by atoms with van der Waals surface area (Å²) in [4.78, 5) is 32.6. The maximum absolute atomic E-state index is 14.0. The van der Waals surface area contributed by atoms with Gasteiger partial charge in [-0.25, -0.2) is 4.72 Å². The van der Waals surface area contributed by atoms with Crippen molar-refractivity contribution in [1.29, 1.82) is 0 Å². The largest absolute Gasteiger partial charge is 0.467 e. The van der Waals surface area contributed by atoms with Gasteiger partial charge in [-0.05, 0) is 83.9 Å². The molecule has 1 saturated carbocycles. The lowest BCUT2D eigenvalue weighted by Crippen LogP contribution is -2.48. The highest BCUT2D eigenvalue weighted by Gasteiger charge is 2.33. The Morgan fingerprint density at radius 1 is 1.11 bits per heavy atom. The second-order valence-corrected chi connectivity index (χ2v) is 11.0. The first-order valence-corrected chi connectivity index (χ1v) is 13.7. The van der Waals surface area contributed by atoms with E-state index in [0.29, 0.717) is 19.0 Å². The molecule has 1 aromatic carbocycles. The molecule has 182 valence electrons. The van der Waals surface area contributed by atoms with Crippen molar-refractivity contribution in [2.75, 3.05) is 0 Å². The van der Waals surface area contributed by atoms with E-state index in [-0.39, 0.29) is 17.5 Å². The number of rotatable bonds is 9. The molecule has 1 amide bonds. The third kappa shape index (κ3) is 6.07. The Kier molecular flexibility index (Phi) is 7.71. The number of nitrogens with zero attached hydrogens (tertiary/aromatic N) is 1. The molecular weight excluding hydrogens is 478 g/mol. The number of thiophene rings is 1. The van der Waals surface area contributed by atoms with Gasteiger partial charge in [-0.2, -0.15) is 0 Å². The zero-order chi connectivity index (χ0) is 24.0. The average molecular weight is 508 g/mol. The van der Waals surface area contributed by atoms with Crippen molar-refractivity contribution in [3.05, 3.63) is 87.2 Å². The lowest BCUT2D eigenvalue weighted by molar-refractivity contribution is -0.136. The molecule has 1 aliphatic carbocycles. The highest BCUT2D eigenvalue weighted by molar-refractivity contribution is 7.97. The minimum atomic E-state index is -0.290. The van der Waals surface area contributed by atoms with Crippen molar-refractivity contribution in [1.82, 2.24) is 14.6 Å². The average Bonchev–Trinajstić information content (AvgIpc) is 3.59. The number of amides is 1. The van der Waals surface area contributed by atoms with Crippen LogP contribution in [0, 0.1) is 5.92 Å². The Hall–Kier alpha value is -2.81. The van der Waals surface area contributed by atoms with Gasteiger partial charge < -0.3 is 14.3 Å². The first-order chi connectivity index (χ1) is 17.2. The molecule has 35 heavy (non-hydrogen) atoms. The maximum atomic E-state index is 14.0. The molecule has 0 radical (unpaired) electrons. The van der Waals surface area contributed by atoms with E-state index in [0.717, 1.165) is 52.1 Å². The number of aromatic amines is 1. The summed E-state index contributed by atoms with van der Waals surface area (Å²) in [5.74, 6) is 1.19. The van der Waals surface area contributed by atoms with Gasteiger partial charge in [-0.1, -0.05) is 25.3 Å². The summed E-state index contributed by atoms with van der Waals surface area (Å²) in [7, 11) is 0. The third-order valence-corrected chi connectivity index (χ3v) is 8.27. The van der Waals surface area contributed by atoms with Crippen LogP contribution in [0.3, 0.4) is 0 Å². The van der Waals surface area contributed by atoms with Crippen LogP contribution in [0.25, 0.3) is 10.9 Å². The van der Waals surface area contributed by atoms with E-state index >= 15 is 0 Å². The van der Waals surface area contributed by atoms with Gasteiger partial charge in [0.05, 0.1) is 25.4 Å². The zero-order valence-electron chi connectivity index (χ0n) is 19.4. The molecule has 1 aliphatic rings. The number of furan rings is 1. The van der Waals surface area contributed by atoms with Crippen LogP contribution in [0.1, 0.15) is 42.7 Å². The van der Waals surface area contributed by atoms with Crippen molar-refractivity contribution < 1.29 is 9.21 Å². The van der Waals surface area contributed by atoms with Crippen LogP contribution >= 0.6 is 23.3 Å². The number of H-pyrrole nitrogens is 1. The van der Waals surface area contributed by atoms with Crippen LogP contribution in [-0.4, -0.2) is 21.8 Å². The summed E-state index contributed by atoms with van der Waals surface area (Å²) in [5, 5.41) is 3.01. The fraction of sp³-hybridized carbons (Fsp3) is 0.333. The lowest BCUT2D eigenvalue weighted by atomic mass is 9.83. The Morgan fingerprint density at radius 3 is 2.77 bits per heavy atom. The van der Waals surface area contributed by atoms with Gasteiger partial charge in [0.1, 0.15) is 5.76 Å². The van der Waals surface area contributed by atoms with E-state index in [1.807, 2.05) is 52.7 Å². The maximum Gasteiger partial charge on any atom is 0.248 e. The van der Waals surface area contributed by atoms with E-state index in [1.165, 1.54) is 24.4 Å². The molecule has 6 nitrogen and oxygen atoms in total. The highest BCUT2D eigenvalue weighted by atomic mass is 32.2. The second kappa shape index (κ2) is 11.3. The molecule has 0 unspecified atom stereocenters. The molecule has 1 fully saturated rings. The number of carbonyl (C=O) groups excluding carboxylic acids is 1. The number of pyridine rings is 1. The minimum Gasteiger partial charge on any atom is -0.467 e. The van der Waals surface area contributed by atoms with Crippen LogP contribution in [0.2, 0.25) is 0 Å². The predicted molar refractivity (Wildman–Crippen MR) is 141 cm³/mol. The number of hydrogen-bond acceptors (Lipinski definition) is 6. The molecule has 3 aromatic heterocycles. The number of benzene rings is 1. The van der Waals surface area contributed by atoms with Gasteiger partial charge in [0.25, 0.3) is 0 Å². The number of fused-ring (bicyclic) bond motifs is 1.